The van der Waals surface area contributed by atoms with Gasteiger partial charge >= 0.3 is 0 Å². The van der Waals surface area contributed by atoms with Crippen LogP contribution in [-0.4, -0.2) is 35.6 Å². The maximum absolute atomic E-state index is 12.4. The molecule has 0 unspecified atom stereocenters. The van der Waals surface area contributed by atoms with Crippen molar-refractivity contribution in [2.75, 3.05) is 24.2 Å². The number of carbonyl (C=O) groups excluding carboxylic acids is 2. The number of carbonyl (C=O) groups is 2. The summed E-state index contributed by atoms with van der Waals surface area (Å²) in [5, 5.41) is 2.78. The second kappa shape index (κ2) is 9.45. The van der Waals surface area contributed by atoms with Gasteiger partial charge in [0.15, 0.2) is 0 Å². The third-order valence-electron chi connectivity index (χ3n) is 3.03. The largest absolute Gasteiger partial charge is 0.339 e. The number of rotatable bonds is 8. The van der Waals surface area contributed by atoms with E-state index >= 15 is 0 Å². The maximum Gasteiger partial charge on any atom is 0.253 e. The average Bonchev–Trinajstić information content (AvgIpc) is 2.47. The highest BCUT2D eigenvalue weighted by Gasteiger charge is 2.14. The molecule has 0 spiro atoms. The molecule has 0 fully saturated rings. The number of hydrogen-bond acceptors (Lipinski definition) is 3. The molecule has 0 heterocycles. The SMILES string of the molecule is CCCN(CCC)C(=O)c1ccc(NC(=O)CCS)cc1. The van der Waals surface area contributed by atoms with Crippen molar-refractivity contribution < 1.29 is 9.59 Å². The summed E-state index contributed by atoms with van der Waals surface area (Å²) in [5.41, 5.74) is 1.36. The third kappa shape index (κ3) is 5.79. The highest BCUT2D eigenvalue weighted by Crippen LogP contribution is 2.12. The van der Waals surface area contributed by atoms with Gasteiger partial charge in [-0.05, 0) is 42.9 Å². The lowest BCUT2D eigenvalue weighted by Crippen LogP contribution is -2.32. The predicted molar refractivity (Wildman–Crippen MR) is 90.0 cm³/mol. The van der Waals surface area contributed by atoms with Crippen LogP contribution in [0.15, 0.2) is 24.3 Å². The second-order valence-electron chi connectivity index (χ2n) is 4.89. The molecule has 0 aliphatic rings. The molecular weight excluding hydrogens is 284 g/mol. The normalized spacial score (nSPS) is 10.2. The van der Waals surface area contributed by atoms with Crippen LogP contribution in [0.1, 0.15) is 43.5 Å². The van der Waals surface area contributed by atoms with Gasteiger partial charge in [-0.15, -0.1) is 0 Å². The van der Waals surface area contributed by atoms with Gasteiger partial charge in [-0.3, -0.25) is 9.59 Å². The number of thiol groups is 1. The van der Waals surface area contributed by atoms with Crippen LogP contribution < -0.4 is 5.32 Å². The van der Waals surface area contributed by atoms with Gasteiger partial charge in [0.2, 0.25) is 5.91 Å². The lowest BCUT2D eigenvalue weighted by molar-refractivity contribution is -0.115. The van der Waals surface area contributed by atoms with E-state index in [4.69, 9.17) is 0 Å². The fourth-order valence-corrected chi connectivity index (χ4v) is 2.26. The van der Waals surface area contributed by atoms with Gasteiger partial charge in [0.05, 0.1) is 0 Å². The Morgan fingerprint density at radius 3 is 2.14 bits per heavy atom. The molecule has 0 bridgehead atoms. The molecule has 1 aromatic carbocycles. The van der Waals surface area contributed by atoms with E-state index in [9.17, 15) is 9.59 Å². The van der Waals surface area contributed by atoms with Crippen LogP contribution in [0.2, 0.25) is 0 Å². The Morgan fingerprint density at radius 2 is 1.67 bits per heavy atom. The standard InChI is InChI=1S/C16H24N2O2S/c1-3-10-18(11-4-2)16(20)13-5-7-14(8-6-13)17-15(19)9-12-21/h5-8,21H,3-4,9-12H2,1-2H3,(H,17,19). The fourth-order valence-electron chi connectivity index (χ4n) is 2.06. The smallest absolute Gasteiger partial charge is 0.253 e. The van der Waals surface area contributed by atoms with Crippen molar-refractivity contribution in [1.82, 2.24) is 4.90 Å². The molecule has 0 atom stereocenters. The molecule has 0 aliphatic carbocycles. The monoisotopic (exact) mass is 308 g/mol. The van der Waals surface area contributed by atoms with Gasteiger partial charge in [0.25, 0.3) is 5.91 Å². The fraction of sp³-hybridized carbons (Fsp3) is 0.500. The Hall–Kier alpha value is -1.49. The van der Waals surface area contributed by atoms with E-state index in [0.717, 1.165) is 25.9 Å². The van der Waals surface area contributed by atoms with E-state index in [1.165, 1.54) is 0 Å². The van der Waals surface area contributed by atoms with E-state index in [1.54, 1.807) is 24.3 Å². The highest BCUT2D eigenvalue weighted by molar-refractivity contribution is 7.80. The molecule has 0 aliphatic heterocycles. The molecule has 1 N–H and O–H groups in total. The van der Waals surface area contributed by atoms with Crippen LogP contribution in [0.25, 0.3) is 0 Å². The quantitative estimate of drug-likeness (QED) is 0.725. The molecule has 0 saturated heterocycles. The van der Waals surface area contributed by atoms with Gasteiger partial charge < -0.3 is 10.2 Å². The number of anilines is 1. The van der Waals surface area contributed by atoms with Gasteiger partial charge in [0.1, 0.15) is 0 Å². The first-order valence-electron chi connectivity index (χ1n) is 7.42. The van der Waals surface area contributed by atoms with Gasteiger partial charge in [-0.1, -0.05) is 13.8 Å². The maximum atomic E-state index is 12.4. The minimum absolute atomic E-state index is 0.0481. The molecule has 0 aromatic heterocycles. The summed E-state index contributed by atoms with van der Waals surface area (Å²) >= 11 is 4.02. The zero-order chi connectivity index (χ0) is 15.7. The summed E-state index contributed by atoms with van der Waals surface area (Å²) < 4.78 is 0. The summed E-state index contributed by atoms with van der Waals surface area (Å²) in [5.74, 6) is 0.500. The molecule has 0 saturated carbocycles. The summed E-state index contributed by atoms with van der Waals surface area (Å²) in [6.07, 6.45) is 2.28. The van der Waals surface area contributed by atoms with Crippen LogP contribution in [0, 0.1) is 0 Å². The second-order valence-corrected chi connectivity index (χ2v) is 5.34. The van der Waals surface area contributed by atoms with Crippen LogP contribution in [0.4, 0.5) is 5.69 Å². The van der Waals surface area contributed by atoms with E-state index < -0.39 is 0 Å². The summed E-state index contributed by atoms with van der Waals surface area (Å²) in [6, 6.07) is 7.05. The van der Waals surface area contributed by atoms with Gasteiger partial charge in [0, 0.05) is 30.8 Å². The summed E-state index contributed by atoms with van der Waals surface area (Å²) in [4.78, 5) is 25.7. The topological polar surface area (TPSA) is 49.4 Å². The van der Waals surface area contributed by atoms with Crippen molar-refractivity contribution in [3.63, 3.8) is 0 Å². The van der Waals surface area contributed by atoms with Crippen molar-refractivity contribution in [2.24, 2.45) is 0 Å². The average molecular weight is 308 g/mol. The van der Waals surface area contributed by atoms with Crippen molar-refractivity contribution in [1.29, 1.82) is 0 Å². The molecule has 5 heteroatoms. The van der Waals surface area contributed by atoms with Crippen molar-refractivity contribution in [2.45, 2.75) is 33.1 Å². The Morgan fingerprint density at radius 1 is 1.10 bits per heavy atom. The van der Waals surface area contributed by atoms with Crippen LogP contribution in [-0.2, 0) is 4.79 Å². The van der Waals surface area contributed by atoms with Crippen LogP contribution in [0.3, 0.4) is 0 Å². The van der Waals surface area contributed by atoms with E-state index in [1.807, 2.05) is 4.90 Å². The molecule has 116 valence electrons. The number of amides is 2. The lowest BCUT2D eigenvalue weighted by Gasteiger charge is -2.21. The molecule has 1 rings (SSSR count). The van der Waals surface area contributed by atoms with Crippen molar-refractivity contribution in [3.05, 3.63) is 29.8 Å². The van der Waals surface area contributed by atoms with Gasteiger partial charge in [-0.2, -0.15) is 12.6 Å². The number of nitrogens with zero attached hydrogens (tertiary/aromatic N) is 1. The Balaban J connectivity index is 2.71. The van der Waals surface area contributed by atoms with Crippen LogP contribution >= 0.6 is 12.6 Å². The highest BCUT2D eigenvalue weighted by atomic mass is 32.1. The van der Waals surface area contributed by atoms with Gasteiger partial charge in [-0.25, -0.2) is 0 Å². The third-order valence-corrected chi connectivity index (χ3v) is 3.25. The first kappa shape index (κ1) is 17.6. The molecule has 21 heavy (non-hydrogen) atoms. The predicted octanol–water partition coefficient (Wildman–Crippen LogP) is 3.21. The van der Waals surface area contributed by atoms with E-state index in [2.05, 4.69) is 31.8 Å². The molecule has 2 amide bonds. The van der Waals surface area contributed by atoms with Crippen molar-refractivity contribution in [3.8, 4) is 0 Å². The van der Waals surface area contributed by atoms with E-state index in [-0.39, 0.29) is 11.8 Å². The molecule has 1 aromatic rings. The number of benzene rings is 1. The molecule has 4 nitrogen and oxygen atoms in total. The minimum atomic E-state index is -0.0670. The Labute approximate surface area is 132 Å². The lowest BCUT2D eigenvalue weighted by atomic mass is 10.1. The zero-order valence-electron chi connectivity index (χ0n) is 12.8. The van der Waals surface area contributed by atoms with E-state index in [0.29, 0.717) is 23.4 Å². The number of nitrogens with one attached hydrogen (secondary N) is 1. The van der Waals surface area contributed by atoms with Crippen molar-refractivity contribution >= 4 is 30.1 Å². The number of hydrogen-bond donors (Lipinski definition) is 2. The first-order chi connectivity index (χ1) is 10.1. The molecular formula is C16H24N2O2S. The summed E-state index contributed by atoms with van der Waals surface area (Å²) in [7, 11) is 0. The Bertz CT molecular complexity index is 454. The zero-order valence-corrected chi connectivity index (χ0v) is 13.7. The molecule has 0 radical (unpaired) electrons. The Kier molecular flexibility index (Phi) is 7.90. The minimum Gasteiger partial charge on any atom is -0.339 e. The van der Waals surface area contributed by atoms with Crippen LogP contribution in [0.5, 0.6) is 0 Å². The first-order valence-corrected chi connectivity index (χ1v) is 8.05. The summed E-state index contributed by atoms with van der Waals surface area (Å²) in [6.45, 7) is 5.67.